The lowest BCUT2D eigenvalue weighted by atomic mass is 9.47. The summed E-state index contributed by atoms with van der Waals surface area (Å²) in [4.78, 5) is 26.4. The zero-order valence-corrected chi connectivity index (χ0v) is 21.3. The molecule has 1 aliphatic heterocycles. The second-order valence-corrected chi connectivity index (χ2v) is 12.3. The molecule has 7 atom stereocenters. The van der Waals surface area contributed by atoms with Gasteiger partial charge in [0.2, 0.25) is 0 Å². The third-order valence-corrected chi connectivity index (χ3v) is 10.7. The first-order chi connectivity index (χ1) is 16.7. The smallest absolute Gasteiger partial charge is 0.338 e. The summed E-state index contributed by atoms with van der Waals surface area (Å²) in [6, 6.07) is 9.19. The standard InChI is InChI=1S/C30H38O5/c1-28-13-11-21(35-27(32)19-7-5-4-6-8-19)17-20(28)18-24(31)26-22-9-10-25(30(3)33-15-16-34-30)29(22,2)14-12-23(26)28/h4-8,18,21-23,25-26H,9-17H2,1-3H3/t21-,22?,23?,25?,26?,28-,29-/m0/s1. The Balaban J connectivity index is 1.23. The SMILES string of the molecule is CC1(C2CCC3C4C(=O)C=C5C[C@@H](OC(=O)c6ccccc6)CC[C@]5(C)C4CC[C@@]32C)OCCO1. The van der Waals surface area contributed by atoms with E-state index in [9.17, 15) is 9.59 Å². The maximum absolute atomic E-state index is 13.7. The molecular weight excluding hydrogens is 440 g/mol. The van der Waals surface area contributed by atoms with Crippen molar-refractivity contribution in [3.8, 4) is 0 Å². The lowest BCUT2D eigenvalue weighted by Gasteiger charge is -2.58. The molecule has 188 valence electrons. The van der Waals surface area contributed by atoms with Gasteiger partial charge >= 0.3 is 5.97 Å². The van der Waals surface area contributed by atoms with Gasteiger partial charge < -0.3 is 14.2 Å². The monoisotopic (exact) mass is 478 g/mol. The second-order valence-electron chi connectivity index (χ2n) is 12.3. The number of fused-ring (bicyclic) bond motifs is 5. The van der Waals surface area contributed by atoms with E-state index in [0.29, 0.717) is 48.7 Å². The van der Waals surface area contributed by atoms with Crippen LogP contribution in [-0.4, -0.2) is 36.9 Å². The van der Waals surface area contributed by atoms with Gasteiger partial charge in [0.05, 0.1) is 18.8 Å². The minimum Gasteiger partial charge on any atom is -0.458 e. The van der Waals surface area contributed by atoms with Gasteiger partial charge in [-0.2, -0.15) is 0 Å². The zero-order chi connectivity index (χ0) is 24.4. The summed E-state index contributed by atoms with van der Waals surface area (Å²) in [6.07, 6.45) is 8.62. The number of allylic oxidation sites excluding steroid dienone is 1. The van der Waals surface area contributed by atoms with Crippen molar-refractivity contribution < 1.29 is 23.8 Å². The molecular formula is C30H38O5. The van der Waals surface area contributed by atoms with Gasteiger partial charge in [0.15, 0.2) is 11.6 Å². The molecule has 0 spiro atoms. The van der Waals surface area contributed by atoms with Gasteiger partial charge in [-0.15, -0.1) is 0 Å². The van der Waals surface area contributed by atoms with E-state index in [0.717, 1.165) is 38.5 Å². The Hall–Kier alpha value is -1.98. The number of benzene rings is 1. The summed E-state index contributed by atoms with van der Waals surface area (Å²) < 4.78 is 18.1. The van der Waals surface area contributed by atoms with Crippen LogP contribution in [0.2, 0.25) is 0 Å². The number of carbonyl (C=O) groups excluding carboxylic acids is 2. The number of ketones is 1. The molecule has 1 saturated heterocycles. The van der Waals surface area contributed by atoms with E-state index in [-0.39, 0.29) is 28.8 Å². The Morgan fingerprint density at radius 2 is 1.69 bits per heavy atom. The van der Waals surface area contributed by atoms with E-state index in [4.69, 9.17) is 14.2 Å². The Bertz CT molecular complexity index is 1040. The highest BCUT2D eigenvalue weighted by Crippen LogP contribution is 2.67. The van der Waals surface area contributed by atoms with Crippen LogP contribution in [0.25, 0.3) is 0 Å². The van der Waals surface area contributed by atoms with Crippen molar-refractivity contribution in [3.63, 3.8) is 0 Å². The number of ether oxygens (including phenoxy) is 3. The van der Waals surface area contributed by atoms with Crippen LogP contribution in [0.3, 0.4) is 0 Å². The number of carbonyl (C=O) groups is 2. The highest BCUT2D eigenvalue weighted by Gasteiger charge is 2.64. The van der Waals surface area contributed by atoms with E-state index < -0.39 is 5.79 Å². The maximum Gasteiger partial charge on any atom is 0.338 e. The van der Waals surface area contributed by atoms with Crippen LogP contribution in [0.15, 0.2) is 42.0 Å². The fourth-order valence-corrected chi connectivity index (χ4v) is 8.86. The minimum absolute atomic E-state index is 0.0118. The minimum atomic E-state index is -0.514. The molecule has 5 nitrogen and oxygen atoms in total. The maximum atomic E-state index is 13.7. The van der Waals surface area contributed by atoms with Gasteiger partial charge in [-0.1, -0.05) is 37.6 Å². The summed E-state index contributed by atoms with van der Waals surface area (Å²) in [7, 11) is 0. The fraction of sp³-hybridized carbons (Fsp3) is 0.667. The van der Waals surface area contributed by atoms with E-state index in [1.807, 2.05) is 24.3 Å². The molecule has 0 radical (unpaired) electrons. The van der Waals surface area contributed by atoms with Gasteiger partial charge in [0.25, 0.3) is 0 Å². The molecule has 5 aliphatic rings. The van der Waals surface area contributed by atoms with E-state index in [2.05, 4.69) is 20.8 Å². The number of rotatable bonds is 3. The van der Waals surface area contributed by atoms with Crippen molar-refractivity contribution in [2.75, 3.05) is 13.2 Å². The molecule has 3 saturated carbocycles. The average molecular weight is 479 g/mol. The zero-order valence-electron chi connectivity index (χ0n) is 21.3. The molecule has 4 fully saturated rings. The third-order valence-electron chi connectivity index (χ3n) is 10.7. The van der Waals surface area contributed by atoms with Crippen LogP contribution in [0.5, 0.6) is 0 Å². The lowest BCUT2D eigenvalue weighted by molar-refractivity contribution is -0.214. The summed E-state index contributed by atoms with van der Waals surface area (Å²) in [5.74, 6) is 0.688. The molecule has 1 heterocycles. The molecule has 1 aromatic rings. The molecule has 4 unspecified atom stereocenters. The molecule has 1 aromatic carbocycles. The molecule has 0 N–H and O–H groups in total. The van der Waals surface area contributed by atoms with Crippen molar-refractivity contribution in [1.29, 1.82) is 0 Å². The average Bonchev–Trinajstić information content (AvgIpc) is 3.44. The Kier molecular flexibility index (Phi) is 5.54. The van der Waals surface area contributed by atoms with Crippen LogP contribution < -0.4 is 0 Å². The molecule has 6 rings (SSSR count). The van der Waals surface area contributed by atoms with Gasteiger partial charge in [0, 0.05) is 18.3 Å². The number of hydrogen-bond acceptors (Lipinski definition) is 5. The van der Waals surface area contributed by atoms with Crippen molar-refractivity contribution in [1.82, 2.24) is 0 Å². The van der Waals surface area contributed by atoms with Crippen LogP contribution >= 0.6 is 0 Å². The summed E-state index contributed by atoms with van der Waals surface area (Å²) in [5, 5.41) is 0. The second kappa shape index (κ2) is 8.27. The van der Waals surface area contributed by atoms with Crippen molar-refractivity contribution in [3.05, 3.63) is 47.5 Å². The van der Waals surface area contributed by atoms with Gasteiger partial charge in [-0.25, -0.2) is 4.79 Å². The fourth-order valence-electron chi connectivity index (χ4n) is 8.86. The number of esters is 1. The van der Waals surface area contributed by atoms with E-state index >= 15 is 0 Å². The Labute approximate surface area is 208 Å². The first kappa shape index (κ1) is 23.4. The van der Waals surface area contributed by atoms with Gasteiger partial charge in [0.1, 0.15) is 6.10 Å². The van der Waals surface area contributed by atoms with Crippen molar-refractivity contribution >= 4 is 11.8 Å². The van der Waals surface area contributed by atoms with Crippen LogP contribution in [0.4, 0.5) is 0 Å². The first-order valence-corrected chi connectivity index (χ1v) is 13.5. The number of hydrogen-bond donors (Lipinski definition) is 0. The van der Waals surface area contributed by atoms with Crippen LogP contribution in [0, 0.1) is 34.5 Å². The Morgan fingerprint density at radius 3 is 2.43 bits per heavy atom. The Morgan fingerprint density at radius 1 is 0.943 bits per heavy atom. The first-order valence-electron chi connectivity index (χ1n) is 13.5. The predicted octanol–water partition coefficient (Wildman–Crippen LogP) is 5.73. The topological polar surface area (TPSA) is 61.8 Å². The molecule has 0 aromatic heterocycles. The highest BCUT2D eigenvalue weighted by molar-refractivity contribution is 5.94. The molecule has 0 amide bonds. The summed E-state index contributed by atoms with van der Waals surface area (Å²) in [6.45, 7) is 8.22. The van der Waals surface area contributed by atoms with Crippen molar-refractivity contribution in [2.24, 2.45) is 34.5 Å². The molecule has 5 heteroatoms. The quantitative estimate of drug-likeness (QED) is 0.519. The molecule has 0 bridgehead atoms. The van der Waals surface area contributed by atoms with Crippen molar-refractivity contribution in [2.45, 2.75) is 77.6 Å². The van der Waals surface area contributed by atoms with Crippen LogP contribution in [0.1, 0.15) is 76.1 Å². The lowest BCUT2D eigenvalue weighted by Crippen LogP contribution is -2.55. The summed E-state index contributed by atoms with van der Waals surface area (Å²) in [5.41, 5.74) is 1.87. The van der Waals surface area contributed by atoms with E-state index in [1.165, 1.54) is 5.57 Å². The van der Waals surface area contributed by atoms with Crippen LogP contribution in [-0.2, 0) is 19.0 Å². The largest absolute Gasteiger partial charge is 0.458 e. The molecule has 35 heavy (non-hydrogen) atoms. The summed E-state index contributed by atoms with van der Waals surface area (Å²) >= 11 is 0. The third kappa shape index (κ3) is 3.56. The normalized spacial score (nSPS) is 42.0. The molecule has 4 aliphatic carbocycles. The van der Waals surface area contributed by atoms with Gasteiger partial charge in [-0.05, 0) is 86.3 Å². The van der Waals surface area contributed by atoms with Gasteiger partial charge in [-0.3, -0.25) is 4.79 Å². The predicted molar refractivity (Wildman–Crippen MR) is 132 cm³/mol. The van der Waals surface area contributed by atoms with E-state index in [1.54, 1.807) is 12.1 Å². The highest BCUT2D eigenvalue weighted by atomic mass is 16.7.